The van der Waals surface area contributed by atoms with E-state index < -0.39 is 5.91 Å². The van der Waals surface area contributed by atoms with Crippen molar-refractivity contribution in [2.24, 2.45) is 11.7 Å². The van der Waals surface area contributed by atoms with Crippen LogP contribution in [-0.4, -0.2) is 29.8 Å². The summed E-state index contributed by atoms with van der Waals surface area (Å²) in [6.45, 7) is 0.770. The maximum Gasteiger partial charge on any atom is 0.255 e. The van der Waals surface area contributed by atoms with Gasteiger partial charge in [-0.05, 0) is 18.6 Å². The number of anilines is 1. The molecule has 1 saturated heterocycles. The van der Waals surface area contributed by atoms with Crippen molar-refractivity contribution in [2.45, 2.75) is 6.42 Å². The van der Waals surface area contributed by atoms with Crippen LogP contribution in [0.2, 0.25) is 10.0 Å². The minimum absolute atomic E-state index is 0.170. The normalized spacial score (nSPS) is 18.6. The second-order valence-electron chi connectivity index (χ2n) is 4.50. The zero-order chi connectivity index (χ0) is 14.2. The standard InChI is InChI=1S/C12H13Cl2N3O2/c13-9-4-7(15)3-8(10(9)14)12(19)17-2-1-6(5-17)11(16)18/h3-4,6H,1-2,5,15H2,(H2,16,18). The number of primary amides is 1. The minimum Gasteiger partial charge on any atom is -0.399 e. The van der Waals surface area contributed by atoms with Crippen molar-refractivity contribution in [1.29, 1.82) is 0 Å². The van der Waals surface area contributed by atoms with E-state index in [1.54, 1.807) is 0 Å². The lowest BCUT2D eigenvalue weighted by molar-refractivity contribution is -0.121. The highest BCUT2D eigenvalue weighted by molar-refractivity contribution is 6.44. The van der Waals surface area contributed by atoms with Gasteiger partial charge in [0.15, 0.2) is 0 Å². The van der Waals surface area contributed by atoms with Gasteiger partial charge in [0, 0.05) is 18.8 Å². The number of carbonyl (C=O) groups excluding carboxylic acids is 2. The molecule has 1 aliphatic rings. The Morgan fingerprint density at radius 1 is 1.32 bits per heavy atom. The Hall–Kier alpha value is -1.46. The molecule has 0 spiro atoms. The van der Waals surface area contributed by atoms with Crippen LogP contribution in [0.1, 0.15) is 16.8 Å². The first-order valence-corrected chi connectivity index (χ1v) is 6.49. The van der Waals surface area contributed by atoms with Crippen LogP contribution in [0.3, 0.4) is 0 Å². The number of nitrogens with zero attached hydrogens (tertiary/aromatic N) is 1. The summed E-state index contributed by atoms with van der Waals surface area (Å²) in [6, 6.07) is 2.96. The van der Waals surface area contributed by atoms with Crippen LogP contribution >= 0.6 is 23.2 Å². The van der Waals surface area contributed by atoms with Gasteiger partial charge in [0.1, 0.15) is 0 Å². The van der Waals surface area contributed by atoms with Crippen molar-refractivity contribution in [2.75, 3.05) is 18.8 Å². The van der Waals surface area contributed by atoms with E-state index in [9.17, 15) is 9.59 Å². The molecule has 1 aromatic carbocycles. The van der Waals surface area contributed by atoms with Gasteiger partial charge < -0.3 is 16.4 Å². The Kier molecular flexibility index (Phi) is 3.87. The van der Waals surface area contributed by atoms with Crippen LogP contribution in [0.4, 0.5) is 5.69 Å². The third kappa shape index (κ3) is 2.77. The second kappa shape index (κ2) is 5.27. The summed E-state index contributed by atoms with van der Waals surface area (Å²) >= 11 is 11.9. The molecule has 7 heteroatoms. The minimum atomic E-state index is -0.396. The smallest absolute Gasteiger partial charge is 0.255 e. The number of halogens is 2. The van der Waals surface area contributed by atoms with Crippen LogP contribution in [0.5, 0.6) is 0 Å². The predicted molar refractivity (Wildman–Crippen MR) is 74.1 cm³/mol. The molecule has 0 aliphatic carbocycles. The van der Waals surface area contributed by atoms with E-state index in [2.05, 4.69) is 0 Å². The van der Waals surface area contributed by atoms with Gasteiger partial charge in [0.25, 0.3) is 5.91 Å². The summed E-state index contributed by atoms with van der Waals surface area (Å²) in [6.07, 6.45) is 0.564. The fourth-order valence-electron chi connectivity index (χ4n) is 2.11. The number of rotatable bonds is 2. The number of nitrogen functional groups attached to an aromatic ring is 1. The molecule has 4 N–H and O–H groups in total. The molecule has 0 aromatic heterocycles. The number of hydrogen-bond acceptors (Lipinski definition) is 3. The zero-order valence-electron chi connectivity index (χ0n) is 10.0. The zero-order valence-corrected chi connectivity index (χ0v) is 11.5. The van der Waals surface area contributed by atoms with Crippen molar-refractivity contribution < 1.29 is 9.59 Å². The Morgan fingerprint density at radius 3 is 2.58 bits per heavy atom. The molecule has 0 radical (unpaired) electrons. The topological polar surface area (TPSA) is 89.4 Å². The molecule has 102 valence electrons. The van der Waals surface area contributed by atoms with E-state index in [4.69, 9.17) is 34.7 Å². The average Bonchev–Trinajstić information content (AvgIpc) is 2.82. The molecule has 2 amide bonds. The molecule has 2 rings (SSSR count). The Labute approximate surface area is 120 Å². The lowest BCUT2D eigenvalue weighted by atomic mass is 10.1. The number of amides is 2. The molecule has 1 aromatic rings. The van der Waals surface area contributed by atoms with Crippen molar-refractivity contribution >= 4 is 40.7 Å². The van der Waals surface area contributed by atoms with Crippen molar-refractivity contribution in [3.05, 3.63) is 27.7 Å². The van der Waals surface area contributed by atoms with Gasteiger partial charge in [-0.2, -0.15) is 0 Å². The fourth-order valence-corrected chi connectivity index (χ4v) is 2.53. The highest BCUT2D eigenvalue weighted by atomic mass is 35.5. The van der Waals surface area contributed by atoms with Crippen LogP contribution < -0.4 is 11.5 Å². The molecular weight excluding hydrogens is 289 g/mol. The van der Waals surface area contributed by atoms with E-state index in [1.165, 1.54) is 17.0 Å². The third-order valence-corrected chi connectivity index (χ3v) is 3.96. The van der Waals surface area contributed by atoms with Gasteiger partial charge in [-0.1, -0.05) is 23.2 Å². The van der Waals surface area contributed by atoms with Gasteiger partial charge in [-0.3, -0.25) is 9.59 Å². The lowest BCUT2D eigenvalue weighted by Crippen LogP contribution is -2.32. The molecule has 0 bridgehead atoms. The van der Waals surface area contributed by atoms with E-state index >= 15 is 0 Å². The van der Waals surface area contributed by atoms with Crippen molar-refractivity contribution in [1.82, 2.24) is 4.90 Å². The van der Waals surface area contributed by atoms with Gasteiger partial charge in [0.05, 0.1) is 21.5 Å². The SMILES string of the molecule is NC(=O)C1CCN(C(=O)c2cc(N)cc(Cl)c2Cl)C1. The van der Waals surface area contributed by atoms with E-state index in [0.717, 1.165) is 0 Å². The van der Waals surface area contributed by atoms with Crippen LogP contribution in [0.25, 0.3) is 0 Å². The van der Waals surface area contributed by atoms with Crippen LogP contribution in [0, 0.1) is 5.92 Å². The summed E-state index contributed by atoms with van der Waals surface area (Å²) in [4.78, 5) is 24.9. The summed E-state index contributed by atoms with van der Waals surface area (Å²) in [5, 5.41) is 0.402. The van der Waals surface area contributed by atoms with E-state index in [0.29, 0.717) is 25.2 Å². The number of carbonyl (C=O) groups is 2. The first kappa shape index (κ1) is 14.0. The van der Waals surface area contributed by atoms with E-state index in [-0.39, 0.29) is 27.4 Å². The fraction of sp³-hybridized carbons (Fsp3) is 0.333. The summed E-state index contributed by atoms with van der Waals surface area (Å²) in [7, 11) is 0. The highest BCUT2D eigenvalue weighted by Crippen LogP contribution is 2.30. The third-order valence-electron chi connectivity index (χ3n) is 3.16. The summed E-state index contributed by atoms with van der Waals surface area (Å²) < 4.78 is 0. The predicted octanol–water partition coefficient (Wildman–Crippen LogP) is 1.52. The molecule has 1 heterocycles. The second-order valence-corrected chi connectivity index (χ2v) is 5.29. The molecule has 1 aliphatic heterocycles. The van der Waals surface area contributed by atoms with Gasteiger partial charge in [-0.25, -0.2) is 0 Å². The molecule has 1 fully saturated rings. The Balaban J connectivity index is 2.24. The lowest BCUT2D eigenvalue weighted by Gasteiger charge is -2.17. The monoisotopic (exact) mass is 301 g/mol. The molecule has 19 heavy (non-hydrogen) atoms. The highest BCUT2D eigenvalue weighted by Gasteiger charge is 2.31. The number of likely N-dealkylation sites (tertiary alicyclic amines) is 1. The first-order valence-electron chi connectivity index (χ1n) is 5.73. The maximum absolute atomic E-state index is 12.3. The van der Waals surface area contributed by atoms with Crippen molar-refractivity contribution in [3.8, 4) is 0 Å². The molecular formula is C12H13Cl2N3O2. The first-order chi connectivity index (χ1) is 8.90. The van der Waals surface area contributed by atoms with Gasteiger partial charge in [-0.15, -0.1) is 0 Å². The Morgan fingerprint density at radius 2 is 2.00 bits per heavy atom. The Bertz CT molecular complexity index is 548. The van der Waals surface area contributed by atoms with E-state index in [1.807, 2.05) is 0 Å². The maximum atomic E-state index is 12.3. The average molecular weight is 302 g/mol. The van der Waals surface area contributed by atoms with Gasteiger partial charge >= 0.3 is 0 Å². The summed E-state index contributed by atoms with van der Waals surface area (Å²) in [5.74, 6) is -0.991. The molecule has 1 unspecified atom stereocenters. The largest absolute Gasteiger partial charge is 0.399 e. The molecule has 0 saturated carbocycles. The number of hydrogen-bond donors (Lipinski definition) is 2. The van der Waals surface area contributed by atoms with Crippen LogP contribution in [-0.2, 0) is 4.79 Å². The quantitative estimate of drug-likeness (QED) is 0.812. The van der Waals surface area contributed by atoms with Gasteiger partial charge in [0.2, 0.25) is 5.91 Å². The van der Waals surface area contributed by atoms with Crippen molar-refractivity contribution in [3.63, 3.8) is 0 Å². The number of nitrogens with two attached hydrogens (primary N) is 2. The molecule has 5 nitrogen and oxygen atoms in total. The molecule has 1 atom stereocenters. The summed E-state index contributed by atoms with van der Waals surface area (Å²) in [5.41, 5.74) is 11.5. The van der Waals surface area contributed by atoms with Crippen LogP contribution in [0.15, 0.2) is 12.1 Å². The number of benzene rings is 1.